The lowest BCUT2D eigenvalue weighted by molar-refractivity contribution is 0.583. The van der Waals surface area contributed by atoms with Crippen LogP contribution in [-0.2, 0) is 16.6 Å². The van der Waals surface area contributed by atoms with Gasteiger partial charge in [-0.1, -0.05) is 46.8 Å². The Hall–Kier alpha value is -0.470. The summed E-state index contributed by atoms with van der Waals surface area (Å²) in [5.41, 5.74) is 2.68. The molecule has 2 heteroatoms. The molecule has 0 spiro atoms. The van der Waals surface area contributed by atoms with Crippen LogP contribution in [0.4, 0.5) is 0 Å². The molecule has 1 rings (SSSR count). The normalized spacial score (nSPS) is 14.2. The predicted molar refractivity (Wildman–Crippen MR) is 71.6 cm³/mol. The maximum atomic E-state index is 11.6. The summed E-state index contributed by atoms with van der Waals surface area (Å²) >= 11 is -0.896. The van der Waals surface area contributed by atoms with Crippen molar-refractivity contribution in [2.45, 2.75) is 50.8 Å². The molecule has 0 amide bonds. The lowest BCUT2D eigenvalue weighted by Crippen LogP contribution is -2.13. The third kappa shape index (κ3) is 3.02. The molecular formula is C14H22OS. The van der Waals surface area contributed by atoms with Crippen LogP contribution in [0.25, 0.3) is 0 Å². The molecule has 0 bridgehead atoms. The van der Waals surface area contributed by atoms with Crippen LogP contribution in [0.2, 0.25) is 0 Å². The summed E-state index contributed by atoms with van der Waals surface area (Å²) in [6.45, 7) is 10.9. The molecule has 1 nitrogen and oxygen atoms in total. The quantitative estimate of drug-likeness (QED) is 0.718. The van der Waals surface area contributed by atoms with Gasteiger partial charge in [-0.05, 0) is 34.1 Å². The summed E-state index contributed by atoms with van der Waals surface area (Å²) in [4.78, 5) is 0.975. The second-order valence-electron chi connectivity index (χ2n) is 5.61. The van der Waals surface area contributed by atoms with Crippen molar-refractivity contribution >= 4 is 11.2 Å². The minimum atomic E-state index is -0.896. The van der Waals surface area contributed by atoms with Crippen molar-refractivity contribution < 1.29 is 4.55 Å². The van der Waals surface area contributed by atoms with Crippen molar-refractivity contribution in [3.05, 3.63) is 29.3 Å². The van der Waals surface area contributed by atoms with Crippen LogP contribution < -0.4 is 0 Å². The predicted octanol–water partition coefficient (Wildman–Crippen LogP) is 3.84. The summed E-state index contributed by atoms with van der Waals surface area (Å²) in [7, 11) is 0. The topological polar surface area (TPSA) is 23.1 Å². The first kappa shape index (κ1) is 13.6. The fourth-order valence-corrected chi connectivity index (χ4v) is 2.61. The zero-order chi connectivity index (χ0) is 12.5. The van der Waals surface area contributed by atoms with Crippen LogP contribution in [0.15, 0.2) is 23.1 Å². The molecular weight excluding hydrogens is 216 g/mol. The molecule has 16 heavy (non-hydrogen) atoms. The van der Waals surface area contributed by atoms with Crippen molar-refractivity contribution in [2.24, 2.45) is 0 Å². The Morgan fingerprint density at radius 3 is 2.12 bits per heavy atom. The molecule has 0 saturated carbocycles. The summed E-state index contributed by atoms with van der Waals surface area (Å²) in [5.74, 6) is 0.418. The molecule has 0 aromatic heterocycles. The van der Waals surface area contributed by atoms with Gasteiger partial charge in [0.25, 0.3) is 0 Å². The van der Waals surface area contributed by atoms with Crippen LogP contribution in [0.5, 0.6) is 0 Å². The van der Waals surface area contributed by atoms with Crippen molar-refractivity contribution in [3.8, 4) is 0 Å². The molecule has 0 heterocycles. The number of hydrogen-bond acceptors (Lipinski definition) is 1. The lowest BCUT2D eigenvalue weighted by atomic mass is 9.85. The van der Waals surface area contributed by atoms with Gasteiger partial charge in [-0.2, -0.15) is 0 Å². The zero-order valence-electron chi connectivity index (χ0n) is 11.1. The van der Waals surface area contributed by atoms with Gasteiger partial charge in [-0.3, -0.25) is 0 Å². The molecule has 0 N–H and O–H groups in total. The largest absolute Gasteiger partial charge is 0.612 e. The highest BCUT2D eigenvalue weighted by Gasteiger charge is 2.20. The van der Waals surface area contributed by atoms with E-state index in [-0.39, 0.29) is 5.41 Å². The Balaban J connectivity index is 3.29. The fourth-order valence-electron chi connectivity index (χ4n) is 1.73. The van der Waals surface area contributed by atoms with Crippen LogP contribution >= 0.6 is 0 Å². The Morgan fingerprint density at radius 1 is 1.19 bits per heavy atom. The number of hydrogen-bond donors (Lipinski definition) is 0. The van der Waals surface area contributed by atoms with E-state index < -0.39 is 11.2 Å². The SMILES string of the molecule is CC(C)c1cc(C(C)(C)C)ccc1[S+](C)[O-]. The Bertz CT molecular complexity index is 361. The Kier molecular flexibility index (Phi) is 4.08. The molecule has 0 aliphatic carbocycles. The molecule has 0 saturated heterocycles. The molecule has 0 aliphatic rings. The van der Waals surface area contributed by atoms with Crippen molar-refractivity contribution in [2.75, 3.05) is 6.26 Å². The molecule has 90 valence electrons. The maximum Gasteiger partial charge on any atom is 0.155 e. The van der Waals surface area contributed by atoms with Gasteiger partial charge in [0.1, 0.15) is 6.26 Å². The highest BCUT2D eigenvalue weighted by atomic mass is 32.2. The molecule has 1 atom stereocenters. The van der Waals surface area contributed by atoms with Gasteiger partial charge in [0, 0.05) is 5.56 Å². The molecule has 1 unspecified atom stereocenters. The van der Waals surface area contributed by atoms with Gasteiger partial charge < -0.3 is 4.55 Å². The minimum Gasteiger partial charge on any atom is -0.612 e. The lowest BCUT2D eigenvalue weighted by Gasteiger charge is -2.22. The van der Waals surface area contributed by atoms with E-state index >= 15 is 0 Å². The monoisotopic (exact) mass is 238 g/mol. The first-order chi connectivity index (χ1) is 7.23. The second-order valence-corrected chi connectivity index (χ2v) is 6.96. The summed E-state index contributed by atoms with van der Waals surface area (Å²) < 4.78 is 11.6. The molecule has 1 aromatic rings. The van der Waals surface area contributed by atoms with E-state index in [9.17, 15) is 4.55 Å². The number of benzene rings is 1. The van der Waals surface area contributed by atoms with Gasteiger partial charge in [0.05, 0.1) is 0 Å². The van der Waals surface area contributed by atoms with E-state index in [0.717, 1.165) is 4.90 Å². The third-order valence-electron chi connectivity index (χ3n) is 2.81. The van der Waals surface area contributed by atoms with Gasteiger partial charge in [-0.25, -0.2) is 0 Å². The standard InChI is InChI=1S/C14H22OS/c1-10(2)12-9-11(14(3,4)5)7-8-13(12)16(6)15/h7-10H,1-6H3. The van der Waals surface area contributed by atoms with Gasteiger partial charge in [0.2, 0.25) is 0 Å². The summed E-state index contributed by atoms with van der Waals surface area (Å²) in [6, 6.07) is 6.33. The minimum absolute atomic E-state index is 0.150. The van der Waals surface area contributed by atoms with Crippen molar-refractivity contribution in [3.63, 3.8) is 0 Å². The maximum absolute atomic E-state index is 11.6. The van der Waals surface area contributed by atoms with Crippen LogP contribution in [0, 0.1) is 0 Å². The third-order valence-corrected chi connectivity index (χ3v) is 3.80. The van der Waals surface area contributed by atoms with E-state index in [0.29, 0.717) is 5.92 Å². The second kappa shape index (κ2) is 4.80. The molecule has 0 fully saturated rings. The summed E-state index contributed by atoms with van der Waals surface area (Å²) in [5, 5.41) is 0. The van der Waals surface area contributed by atoms with Crippen LogP contribution in [0.3, 0.4) is 0 Å². The highest BCUT2D eigenvalue weighted by Crippen LogP contribution is 2.30. The average Bonchev–Trinajstić information content (AvgIpc) is 2.15. The van der Waals surface area contributed by atoms with Crippen LogP contribution in [-0.4, -0.2) is 10.8 Å². The van der Waals surface area contributed by atoms with Gasteiger partial charge in [-0.15, -0.1) is 0 Å². The van der Waals surface area contributed by atoms with E-state index in [2.05, 4.69) is 46.8 Å². The molecule has 0 aliphatic heterocycles. The average molecular weight is 238 g/mol. The first-order valence-electron chi connectivity index (χ1n) is 5.71. The van der Waals surface area contributed by atoms with Crippen molar-refractivity contribution in [1.29, 1.82) is 0 Å². The van der Waals surface area contributed by atoms with E-state index in [1.165, 1.54) is 11.1 Å². The van der Waals surface area contributed by atoms with Gasteiger partial charge >= 0.3 is 0 Å². The molecule has 1 aromatic carbocycles. The van der Waals surface area contributed by atoms with E-state index in [4.69, 9.17) is 0 Å². The van der Waals surface area contributed by atoms with E-state index in [1.807, 2.05) is 6.07 Å². The smallest absolute Gasteiger partial charge is 0.155 e. The van der Waals surface area contributed by atoms with Crippen LogP contribution in [0.1, 0.15) is 51.7 Å². The van der Waals surface area contributed by atoms with E-state index in [1.54, 1.807) is 6.26 Å². The molecule has 0 radical (unpaired) electrons. The number of rotatable bonds is 2. The fraction of sp³-hybridized carbons (Fsp3) is 0.571. The Labute approximate surface area is 102 Å². The van der Waals surface area contributed by atoms with Gasteiger partial charge in [0.15, 0.2) is 4.90 Å². The Morgan fingerprint density at radius 2 is 1.75 bits per heavy atom. The highest BCUT2D eigenvalue weighted by molar-refractivity contribution is 7.90. The first-order valence-corrected chi connectivity index (χ1v) is 7.27. The summed E-state index contributed by atoms with van der Waals surface area (Å²) in [6.07, 6.45) is 1.75. The van der Waals surface area contributed by atoms with Crippen molar-refractivity contribution in [1.82, 2.24) is 0 Å². The zero-order valence-corrected chi connectivity index (χ0v) is 11.9.